The molecule has 3 rings (SSSR count). The molecule has 0 aliphatic carbocycles. The number of hydrogen-bond acceptors (Lipinski definition) is 7. The fourth-order valence-corrected chi connectivity index (χ4v) is 4.26. The van der Waals surface area contributed by atoms with Crippen molar-refractivity contribution in [3.63, 3.8) is 0 Å². The molecule has 0 bridgehead atoms. The third-order valence-electron chi connectivity index (χ3n) is 4.80. The van der Waals surface area contributed by atoms with Gasteiger partial charge >= 0.3 is 0 Å². The number of carbonyl (C=O) groups excluding carboxylic acids is 3. The number of thiazole rings is 1. The van der Waals surface area contributed by atoms with Gasteiger partial charge < -0.3 is 20.4 Å². The molecule has 0 saturated carbocycles. The summed E-state index contributed by atoms with van der Waals surface area (Å²) in [6.45, 7) is 1.59. The molecule has 0 spiro atoms. The molecule has 0 aromatic carbocycles. The molecule has 1 aliphatic heterocycles. The molecule has 0 radical (unpaired) electrons. The maximum Gasteiger partial charge on any atom is 0.280 e. The Kier molecular flexibility index (Phi) is 7.94. The number of amides is 3. The third kappa shape index (κ3) is 6.35. The van der Waals surface area contributed by atoms with Crippen molar-refractivity contribution in [2.45, 2.75) is 19.0 Å². The molecule has 0 saturated heterocycles. The van der Waals surface area contributed by atoms with E-state index < -0.39 is 17.9 Å². The van der Waals surface area contributed by atoms with Crippen molar-refractivity contribution in [1.82, 2.24) is 30.4 Å². The number of nitrogens with one attached hydrogen (secondary N) is 2. The Hall–Kier alpha value is -2.82. The number of pyridine rings is 1. The fourth-order valence-electron chi connectivity index (χ4n) is 3.06. The van der Waals surface area contributed by atoms with E-state index in [0.29, 0.717) is 15.7 Å². The normalized spacial score (nSPS) is 14.6. The van der Waals surface area contributed by atoms with Crippen LogP contribution < -0.4 is 10.6 Å². The summed E-state index contributed by atoms with van der Waals surface area (Å²) in [5.74, 6) is -1.18. The molecule has 0 fully saturated rings. The van der Waals surface area contributed by atoms with Gasteiger partial charge in [0.05, 0.1) is 16.4 Å². The Balaban J connectivity index is 1.62. The number of halogens is 1. The molecule has 170 valence electrons. The number of nitrogens with zero attached hydrogens (tertiary/aromatic N) is 4. The second-order valence-electron chi connectivity index (χ2n) is 7.62. The molecule has 1 atom stereocenters. The molecule has 2 N–H and O–H groups in total. The lowest BCUT2D eigenvalue weighted by atomic mass is 10.2. The van der Waals surface area contributed by atoms with E-state index in [9.17, 15) is 14.4 Å². The summed E-state index contributed by atoms with van der Waals surface area (Å²) < 4.78 is 0. The van der Waals surface area contributed by atoms with E-state index in [1.807, 2.05) is 7.05 Å². The number of hydrogen-bond donors (Lipinski definition) is 2. The highest BCUT2D eigenvalue weighted by molar-refractivity contribution is 7.13. The number of carbonyl (C=O) groups is 3. The highest BCUT2D eigenvalue weighted by atomic mass is 35.5. The summed E-state index contributed by atoms with van der Waals surface area (Å²) in [7, 11) is 5.20. The van der Waals surface area contributed by atoms with E-state index >= 15 is 0 Å². The van der Waals surface area contributed by atoms with Crippen LogP contribution in [0.3, 0.4) is 0 Å². The second kappa shape index (κ2) is 10.7. The topological polar surface area (TPSA) is 108 Å². The van der Waals surface area contributed by atoms with Gasteiger partial charge in [0.1, 0.15) is 6.04 Å². The minimum absolute atomic E-state index is 0.0617. The minimum Gasteiger partial charge on any atom is -0.350 e. The predicted molar refractivity (Wildman–Crippen MR) is 123 cm³/mol. The fraction of sp³-hybridized carbons (Fsp3) is 0.381. The third-order valence-corrected chi connectivity index (χ3v) is 6.10. The monoisotopic (exact) mass is 476 g/mol. The average molecular weight is 477 g/mol. The van der Waals surface area contributed by atoms with Crippen LogP contribution in [0, 0.1) is 0 Å². The van der Waals surface area contributed by atoms with E-state index in [0.717, 1.165) is 30.1 Å². The second-order valence-corrected chi connectivity index (χ2v) is 9.14. The maximum absolute atomic E-state index is 12.8. The molecule has 3 heterocycles. The first-order valence-corrected chi connectivity index (χ1v) is 11.2. The molecule has 1 aliphatic rings. The predicted octanol–water partition coefficient (Wildman–Crippen LogP) is 1.20. The van der Waals surface area contributed by atoms with Crippen molar-refractivity contribution in [2.75, 3.05) is 34.2 Å². The highest BCUT2D eigenvalue weighted by Crippen LogP contribution is 2.24. The molecule has 3 amide bonds. The van der Waals surface area contributed by atoms with Crippen LogP contribution in [0.15, 0.2) is 24.4 Å². The summed E-state index contributed by atoms with van der Waals surface area (Å²) in [6, 6.07) is 2.42. The van der Waals surface area contributed by atoms with Crippen LogP contribution in [-0.4, -0.2) is 77.8 Å². The average Bonchev–Trinajstić information content (AvgIpc) is 3.18. The molecule has 1 unspecified atom stereocenters. The van der Waals surface area contributed by atoms with Crippen molar-refractivity contribution in [2.24, 2.45) is 0 Å². The van der Waals surface area contributed by atoms with Crippen LogP contribution in [0.25, 0.3) is 6.08 Å². The van der Waals surface area contributed by atoms with Gasteiger partial charge in [-0.1, -0.05) is 11.6 Å². The van der Waals surface area contributed by atoms with E-state index in [4.69, 9.17) is 11.6 Å². The number of likely N-dealkylation sites (N-methyl/N-ethyl adjacent to an activating group) is 2. The minimum atomic E-state index is -0.924. The lowest BCUT2D eigenvalue weighted by Gasteiger charge is -2.21. The number of aromatic nitrogens is 2. The van der Waals surface area contributed by atoms with Crippen LogP contribution in [-0.2, 0) is 22.6 Å². The van der Waals surface area contributed by atoms with Crippen LogP contribution in [0.4, 0.5) is 0 Å². The quantitative estimate of drug-likeness (QED) is 0.581. The lowest BCUT2D eigenvalue weighted by Crippen LogP contribution is -2.52. The van der Waals surface area contributed by atoms with Gasteiger partial charge in [-0.15, -0.1) is 11.3 Å². The van der Waals surface area contributed by atoms with Gasteiger partial charge in [0, 0.05) is 57.3 Å². The summed E-state index contributed by atoms with van der Waals surface area (Å²) in [5, 5.41) is 6.18. The van der Waals surface area contributed by atoms with Gasteiger partial charge in [-0.05, 0) is 25.3 Å². The van der Waals surface area contributed by atoms with Gasteiger partial charge in [0.15, 0.2) is 5.01 Å². The summed E-state index contributed by atoms with van der Waals surface area (Å²) in [5.41, 5.74) is 1.50. The molecule has 9 nitrogen and oxygen atoms in total. The van der Waals surface area contributed by atoms with Crippen molar-refractivity contribution in [3.05, 3.63) is 50.7 Å². The van der Waals surface area contributed by atoms with E-state index in [1.54, 1.807) is 26.2 Å². The summed E-state index contributed by atoms with van der Waals surface area (Å²) in [6.07, 6.45) is 5.11. The van der Waals surface area contributed by atoms with Crippen molar-refractivity contribution in [1.29, 1.82) is 0 Å². The van der Waals surface area contributed by atoms with Gasteiger partial charge in [-0.2, -0.15) is 0 Å². The van der Waals surface area contributed by atoms with E-state index in [1.165, 1.54) is 34.6 Å². The van der Waals surface area contributed by atoms with Gasteiger partial charge in [-0.25, -0.2) is 4.98 Å². The van der Waals surface area contributed by atoms with E-state index in [-0.39, 0.29) is 12.5 Å². The zero-order chi connectivity index (χ0) is 23.3. The van der Waals surface area contributed by atoms with Crippen LogP contribution in [0.5, 0.6) is 0 Å². The molecular weight excluding hydrogens is 452 g/mol. The Morgan fingerprint density at radius 2 is 2.12 bits per heavy atom. The standard InChI is InChI=1S/C21H25ClN6O3S/c1-27(2)21(31)16(11-24-18(29)7-6-14-5-4-13(22)10-23-14)25-19(30)20-26-15-8-9-28(3)12-17(15)32-20/h4-7,10,16H,8-9,11-12H2,1-3H3,(H,24,29)(H,25,30). The Morgan fingerprint density at radius 3 is 2.81 bits per heavy atom. The SMILES string of the molecule is CN1CCc2nc(C(=O)NC(CNC(=O)C=Cc3ccc(Cl)cn3)C(=O)N(C)C)sc2C1. The number of fused-ring (bicyclic) bond motifs is 1. The smallest absolute Gasteiger partial charge is 0.280 e. The van der Waals surface area contributed by atoms with Crippen molar-refractivity contribution >= 4 is 46.7 Å². The summed E-state index contributed by atoms with van der Waals surface area (Å²) >= 11 is 7.13. The first-order valence-electron chi connectivity index (χ1n) is 9.99. The number of rotatable bonds is 7. The van der Waals surface area contributed by atoms with Gasteiger partial charge in [-0.3, -0.25) is 19.4 Å². The van der Waals surface area contributed by atoms with Crippen LogP contribution >= 0.6 is 22.9 Å². The maximum atomic E-state index is 12.8. The van der Waals surface area contributed by atoms with Crippen molar-refractivity contribution < 1.29 is 14.4 Å². The van der Waals surface area contributed by atoms with Gasteiger partial charge in [0.25, 0.3) is 5.91 Å². The van der Waals surface area contributed by atoms with Crippen molar-refractivity contribution in [3.8, 4) is 0 Å². The first kappa shape index (κ1) is 23.8. The first-order chi connectivity index (χ1) is 15.2. The largest absolute Gasteiger partial charge is 0.350 e. The molecule has 2 aromatic heterocycles. The zero-order valence-electron chi connectivity index (χ0n) is 18.1. The Bertz CT molecular complexity index is 1020. The Morgan fingerprint density at radius 1 is 1.34 bits per heavy atom. The zero-order valence-corrected chi connectivity index (χ0v) is 19.7. The molecule has 32 heavy (non-hydrogen) atoms. The van der Waals surface area contributed by atoms with E-state index in [2.05, 4.69) is 25.5 Å². The van der Waals surface area contributed by atoms with Crippen LogP contribution in [0.1, 0.15) is 26.1 Å². The lowest BCUT2D eigenvalue weighted by molar-refractivity contribution is -0.130. The van der Waals surface area contributed by atoms with Crippen LogP contribution in [0.2, 0.25) is 5.02 Å². The highest BCUT2D eigenvalue weighted by Gasteiger charge is 2.26. The molecular formula is C21H25ClN6O3S. The summed E-state index contributed by atoms with van der Waals surface area (Å²) in [4.78, 5) is 50.7. The Labute approximate surface area is 195 Å². The van der Waals surface area contributed by atoms with Gasteiger partial charge in [0.2, 0.25) is 11.8 Å². The molecule has 11 heteroatoms. The molecule has 2 aromatic rings.